The van der Waals surface area contributed by atoms with E-state index >= 15 is 0 Å². The van der Waals surface area contributed by atoms with Gasteiger partial charge in [-0.15, -0.1) is 5.10 Å². The molecule has 1 amide bonds. The van der Waals surface area contributed by atoms with Gasteiger partial charge in [0.15, 0.2) is 5.69 Å². The van der Waals surface area contributed by atoms with Gasteiger partial charge in [-0.05, 0) is 31.2 Å². The molecule has 0 fully saturated rings. The van der Waals surface area contributed by atoms with E-state index in [4.69, 9.17) is 9.15 Å². The molecule has 0 spiro atoms. The summed E-state index contributed by atoms with van der Waals surface area (Å²) in [4.78, 5) is 12.1. The minimum absolute atomic E-state index is 0.0128. The second-order valence-corrected chi connectivity index (χ2v) is 4.66. The predicted octanol–water partition coefficient (Wildman–Crippen LogP) is 2.21. The lowest BCUT2D eigenvalue weighted by Crippen LogP contribution is -2.13. The first-order valence-corrected chi connectivity index (χ1v) is 7.02. The number of nitrogens with one attached hydrogen (secondary N) is 1. The monoisotopic (exact) mass is 313 g/mol. The standard InChI is InChI=1S/C15H15N5O3/c1-3-20-8-7-12(19-20)13(21)16-15-18-17-14(23-15)10-5-4-6-11(9-10)22-2/h4-9H,3H2,1-2H3,(H,16,18,21). The zero-order chi connectivity index (χ0) is 16.2. The van der Waals surface area contributed by atoms with Gasteiger partial charge in [-0.25, -0.2) is 0 Å². The third kappa shape index (κ3) is 3.20. The Kier molecular flexibility index (Phi) is 4.05. The summed E-state index contributed by atoms with van der Waals surface area (Å²) in [5, 5.41) is 14.4. The molecular formula is C15H15N5O3. The summed E-state index contributed by atoms with van der Waals surface area (Å²) in [6, 6.07) is 8.84. The summed E-state index contributed by atoms with van der Waals surface area (Å²) in [7, 11) is 1.58. The van der Waals surface area contributed by atoms with Crippen LogP contribution in [0.4, 0.5) is 6.01 Å². The smallest absolute Gasteiger partial charge is 0.322 e. The van der Waals surface area contributed by atoms with Crippen LogP contribution >= 0.6 is 0 Å². The largest absolute Gasteiger partial charge is 0.497 e. The number of carbonyl (C=O) groups is 1. The SMILES string of the molecule is CCn1ccc(C(=O)Nc2nnc(-c3cccc(OC)c3)o2)n1. The van der Waals surface area contributed by atoms with Crippen LogP contribution in [-0.2, 0) is 6.54 Å². The van der Waals surface area contributed by atoms with Gasteiger partial charge in [0.1, 0.15) is 5.75 Å². The maximum absolute atomic E-state index is 12.1. The molecule has 0 saturated heterocycles. The Labute approximate surface area is 132 Å². The number of hydrogen-bond donors (Lipinski definition) is 1. The third-order valence-electron chi connectivity index (χ3n) is 3.16. The van der Waals surface area contributed by atoms with E-state index in [9.17, 15) is 4.79 Å². The summed E-state index contributed by atoms with van der Waals surface area (Å²) in [5.74, 6) is 0.563. The molecule has 3 rings (SSSR count). The first kappa shape index (κ1) is 14.8. The van der Waals surface area contributed by atoms with Gasteiger partial charge in [0.25, 0.3) is 5.91 Å². The highest BCUT2D eigenvalue weighted by Gasteiger charge is 2.15. The van der Waals surface area contributed by atoms with E-state index in [2.05, 4.69) is 20.6 Å². The van der Waals surface area contributed by atoms with E-state index in [-0.39, 0.29) is 11.7 Å². The summed E-state index contributed by atoms with van der Waals surface area (Å²) < 4.78 is 12.3. The van der Waals surface area contributed by atoms with Gasteiger partial charge < -0.3 is 9.15 Å². The van der Waals surface area contributed by atoms with Gasteiger partial charge in [0, 0.05) is 18.3 Å². The fraction of sp³-hybridized carbons (Fsp3) is 0.200. The summed E-state index contributed by atoms with van der Waals surface area (Å²) in [6.45, 7) is 2.63. The van der Waals surface area contributed by atoms with Crippen molar-refractivity contribution in [3.8, 4) is 17.2 Å². The number of aromatic nitrogens is 4. The molecule has 0 aliphatic heterocycles. The summed E-state index contributed by atoms with van der Waals surface area (Å²) in [5.41, 5.74) is 0.987. The lowest BCUT2D eigenvalue weighted by Gasteiger charge is -2.00. The molecule has 0 unspecified atom stereocenters. The maximum Gasteiger partial charge on any atom is 0.322 e. The van der Waals surface area contributed by atoms with Gasteiger partial charge in [-0.1, -0.05) is 11.2 Å². The number of ether oxygens (including phenoxy) is 1. The van der Waals surface area contributed by atoms with E-state index in [1.807, 2.05) is 25.1 Å². The number of benzene rings is 1. The second kappa shape index (κ2) is 6.30. The van der Waals surface area contributed by atoms with Gasteiger partial charge in [-0.2, -0.15) is 5.10 Å². The normalized spacial score (nSPS) is 10.5. The molecular weight excluding hydrogens is 298 g/mol. The topological polar surface area (TPSA) is 95.1 Å². The first-order valence-electron chi connectivity index (χ1n) is 7.02. The van der Waals surface area contributed by atoms with Crippen LogP contribution in [0.1, 0.15) is 17.4 Å². The van der Waals surface area contributed by atoms with Crippen LogP contribution in [0.25, 0.3) is 11.5 Å². The van der Waals surface area contributed by atoms with Crippen molar-refractivity contribution in [1.82, 2.24) is 20.0 Å². The number of anilines is 1. The van der Waals surface area contributed by atoms with Crippen LogP contribution in [-0.4, -0.2) is 33.0 Å². The predicted molar refractivity (Wildman–Crippen MR) is 82.1 cm³/mol. The molecule has 2 heterocycles. The number of rotatable bonds is 5. The molecule has 2 aromatic heterocycles. The quantitative estimate of drug-likeness (QED) is 0.776. The van der Waals surface area contributed by atoms with Gasteiger partial charge >= 0.3 is 6.01 Å². The molecule has 8 heteroatoms. The van der Waals surface area contributed by atoms with Crippen LogP contribution in [0.3, 0.4) is 0 Å². The Morgan fingerprint density at radius 1 is 1.35 bits per heavy atom. The van der Waals surface area contributed by atoms with E-state index < -0.39 is 5.91 Å². The van der Waals surface area contributed by atoms with E-state index in [0.29, 0.717) is 23.7 Å². The number of nitrogens with zero attached hydrogens (tertiary/aromatic N) is 4. The van der Waals surface area contributed by atoms with Crippen LogP contribution in [0.2, 0.25) is 0 Å². The van der Waals surface area contributed by atoms with Crippen LogP contribution in [0, 0.1) is 0 Å². The second-order valence-electron chi connectivity index (χ2n) is 4.66. The van der Waals surface area contributed by atoms with Crippen LogP contribution in [0.5, 0.6) is 5.75 Å². The highest BCUT2D eigenvalue weighted by Crippen LogP contribution is 2.23. The molecule has 0 bridgehead atoms. The molecule has 23 heavy (non-hydrogen) atoms. The molecule has 0 saturated carbocycles. The molecule has 1 N–H and O–H groups in total. The fourth-order valence-electron chi connectivity index (χ4n) is 1.97. The molecule has 0 aliphatic rings. The number of amides is 1. The zero-order valence-corrected chi connectivity index (χ0v) is 12.7. The lowest BCUT2D eigenvalue weighted by atomic mass is 10.2. The highest BCUT2D eigenvalue weighted by molar-refractivity contribution is 6.01. The van der Waals surface area contributed by atoms with Crippen molar-refractivity contribution >= 4 is 11.9 Å². The molecule has 0 atom stereocenters. The van der Waals surface area contributed by atoms with Gasteiger partial charge in [0.2, 0.25) is 5.89 Å². The van der Waals surface area contributed by atoms with Crippen molar-refractivity contribution in [3.05, 3.63) is 42.2 Å². The Hall–Kier alpha value is -3.16. The summed E-state index contributed by atoms with van der Waals surface area (Å²) in [6.07, 6.45) is 1.73. The number of aryl methyl sites for hydroxylation is 1. The van der Waals surface area contributed by atoms with Crippen molar-refractivity contribution in [3.63, 3.8) is 0 Å². The molecule has 0 radical (unpaired) electrons. The Morgan fingerprint density at radius 2 is 2.22 bits per heavy atom. The molecule has 8 nitrogen and oxygen atoms in total. The Balaban J connectivity index is 1.75. The average Bonchev–Trinajstić information content (AvgIpc) is 3.24. The number of hydrogen-bond acceptors (Lipinski definition) is 6. The molecule has 0 aliphatic carbocycles. The lowest BCUT2D eigenvalue weighted by molar-refractivity contribution is 0.101. The van der Waals surface area contributed by atoms with E-state index in [1.54, 1.807) is 30.1 Å². The van der Waals surface area contributed by atoms with Crippen molar-refractivity contribution in [1.29, 1.82) is 0 Å². The zero-order valence-electron chi connectivity index (χ0n) is 12.7. The minimum Gasteiger partial charge on any atom is -0.497 e. The summed E-state index contributed by atoms with van der Waals surface area (Å²) >= 11 is 0. The number of methoxy groups -OCH3 is 1. The molecule has 3 aromatic rings. The fourth-order valence-corrected chi connectivity index (χ4v) is 1.97. The van der Waals surface area contributed by atoms with E-state index in [1.165, 1.54) is 0 Å². The van der Waals surface area contributed by atoms with E-state index in [0.717, 1.165) is 0 Å². The van der Waals surface area contributed by atoms with Crippen molar-refractivity contribution < 1.29 is 13.9 Å². The molecule has 118 valence electrons. The van der Waals surface area contributed by atoms with Crippen molar-refractivity contribution in [2.24, 2.45) is 0 Å². The average molecular weight is 313 g/mol. The van der Waals surface area contributed by atoms with Crippen molar-refractivity contribution in [2.45, 2.75) is 13.5 Å². The third-order valence-corrected chi connectivity index (χ3v) is 3.16. The maximum atomic E-state index is 12.1. The Bertz CT molecular complexity index is 824. The minimum atomic E-state index is -0.405. The van der Waals surface area contributed by atoms with Crippen molar-refractivity contribution in [2.75, 3.05) is 12.4 Å². The van der Waals surface area contributed by atoms with Crippen LogP contribution in [0.15, 0.2) is 40.9 Å². The van der Waals surface area contributed by atoms with Gasteiger partial charge in [-0.3, -0.25) is 14.8 Å². The Morgan fingerprint density at radius 3 is 2.96 bits per heavy atom. The first-order chi connectivity index (χ1) is 11.2. The number of carbonyl (C=O) groups excluding carboxylic acids is 1. The van der Waals surface area contributed by atoms with Crippen LogP contribution < -0.4 is 10.1 Å². The van der Waals surface area contributed by atoms with Gasteiger partial charge in [0.05, 0.1) is 7.11 Å². The molecule has 1 aromatic carbocycles. The highest BCUT2D eigenvalue weighted by atomic mass is 16.5.